The fraction of sp³-hybridized carbons (Fsp3) is 0.0526. The highest BCUT2D eigenvalue weighted by Crippen LogP contribution is 2.45. The summed E-state index contributed by atoms with van der Waals surface area (Å²) in [6, 6.07) is 22.5. The van der Waals surface area contributed by atoms with Crippen molar-refractivity contribution in [2.24, 2.45) is 0 Å². The molecule has 96 valence electrons. The fourth-order valence-corrected chi connectivity index (χ4v) is 3.04. The molecule has 0 radical (unpaired) electrons. The molecule has 0 spiro atoms. The van der Waals surface area contributed by atoms with E-state index < -0.39 is 6.10 Å². The Labute approximate surface area is 117 Å². The van der Waals surface area contributed by atoms with Crippen LogP contribution in [0.4, 0.5) is 0 Å². The zero-order chi connectivity index (χ0) is 13.5. The maximum Gasteiger partial charge on any atom is 0.105 e. The summed E-state index contributed by atoms with van der Waals surface area (Å²) >= 11 is 0. The molecule has 4 rings (SSSR count). The van der Waals surface area contributed by atoms with E-state index in [9.17, 15) is 5.11 Å². The van der Waals surface area contributed by atoms with Crippen LogP contribution < -0.4 is 0 Å². The number of hydrogen-bond donors (Lipinski definition) is 1. The van der Waals surface area contributed by atoms with Crippen LogP contribution in [-0.4, -0.2) is 5.11 Å². The van der Waals surface area contributed by atoms with Crippen molar-refractivity contribution in [3.05, 3.63) is 83.4 Å². The van der Waals surface area contributed by atoms with E-state index in [2.05, 4.69) is 42.5 Å². The van der Waals surface area contributed by atoms with E-state index >= 15 is 0 Å². The van der Waals surface area contributed by atoms with Gasteiger partial charge in [0.2, 0.25) is 0 Å². The Hall–Kier alpha value is -2.38. The minimum Gasteiger partial charge on any atom is -0.384 e. The molecule has 0 amide bonds. The number of aliphatic hydroxyl groups excluding tert-OH is 1. The molecule has 3 aromatic rings. The highest BCUT2D eigenvalue weighted by Gasteiger charge is 2.26. The normalized spacial score (nSPS) is 18.9. The van der Waals surface area contributed by atoms with E-state index in [-0.39, 0.29) is 0 Å². The van der Waals surface area contributed by atoms with Crippen LogP contribution in [0.5, 0.6) is 0 Å². The summed E-state index contributed by atoms with van der Waals surface area (Å²) in [4.78, 5) is 0. The number of benzene rings is 3. The van der Waals surface area contributed by atoms with E-state index in [1.165, 1.54) is 10.8 Å². The predicted molar refractivity (Wildman–Crippen MR) is 83.2 cm³/mol. The van der Waals surface area contributed by atoms with Crippen molar-refractivity contribution in [3.8, 4) is 0 Å². The summed E-state index contributed by atoms with van der Waals surface area (Å²) < 4.78 is 0. The Morgan fingerprint density at radius 1 is 0.800 bits per heavy atom. The molecule has 0 aliphatic heterocycles. The molecule has 0 fully saturated rings. The third kappa shape index (κ3) is 1.60. The summed E-state index contributed by atoms with van der Waals surface area (Å²) in [7, 11) is 0. The first-order valence-corrected chi connectivity index (χ1v) is 6.81. The SMILES string of the molecule is OC1/C(=C/c2ccccc2)c2cccc3cccc1c23. The molecule has 3 aromatic carbocycles. The summed E-state index contributed by atoms with van der Waals surface area (Å²) in [6.07, 6.45) is 1.55. The van der Waals surface area contributed by atoms with Crippen molar-refractivity contribution in [1.82, 2.24) is 0 Å². The lowest BCUT2D eigenvalue weighted by Gasteiger charge is -2.07. The van der Waals surface area contributed by atoms with Crippen molar-refractivity contribution in [3.63, 3.8) is 0 Å². The Morgan fingerprint density at radius 2 is 1.55 bits per heavy atom. The number of aliphatic hydroxyl groups is 1. The summed E-state index contributed by atoms with van der Waals surface area (Å²) in [5.41, 5.74) is 4.27. The number of hydrogen-bond acceptors (Lipinski definition) is 1. The molecule has 1 aliphatic carbocycles. The van der Waals surface area contributed by atoms with Crippen LogP contribution >= 0.6 is 0 Å². The van der Waals surface area contributed by atoms with Crippen LogP contribution in [0.15, 0.2) is 66.7 Å². The van der Waals surface area contributed by atoms with Gasteiger partial charge in [0, 0.05) is 0 Å². The van der Waals surface area contributed by atoms with Crippen molar-refractivity contribution >= 4 is 22.4 Å². The Balaban J connectivity index is 1.98. The van der Waals surface area contributed by atoms with Crippen LogP contribution in [0, 0.1) is 0 Å². The van der Waals surface area contributed by atoms with Gasteiger partial charge in [0.15, 0.2) is 0 Å². The Kier molecular flexibility index (Phi) is 2.48. The second kappa shape index (κ2) is 4.32. The van der Waals surface area contributed by atoms with E-state index in [1.54, 1.807) is 0 Å². The highest BCUT2D eigenvalue weighted by atomic mass is 16.3. The first-order valence-electron chi connectivity index (χ1n) is 6.81. The predicted octanol–water partition coefficient (Wildman–Crippen LogP) is 4.43. The second-order valence-electron chi connectivity index (χ2n) is 5.16. The smallest absolute Gasteiger partial charge is 0.105 e. The highest BCUT2D eigenvalue weighted by molar-refractivity contribution is 6.06. The third-order valence-electron chi connectivity index (χ3n) is 3.96. The van der Waals surface area contributed by atoms with Crippen molar-refractivity contribution < 1.29 is 5.11 Å². The lowest BCUT2D eigenvalue weighted by atomic mass is 10.0. The molecule has 1 atom stereocenters. The van der Waals surface area contributed by atoms with Crippen LogP contribution in [0.1, 0.15) is 22.8 Å². The molecule has 0 heterocycles. The molecule has 1 heteroatoms. The monoisotopic (exact) mass is 258 g/mol. The average Bonchev–Trinajstić information content (AvgIpc) is 2.77. The van der Waals surface area contributed by atoms with Gasteiger partial charge in [-0.3, -0.25) is 0 Å². The van der Waals surface area contributed by atoms with E-state index in [4.69, 9.17) is 0 Å². The van der Waals surface area contributed by atoms with Crippen LogP contribution in [0.2, 0.25) is 0 Å². The molecule has 0 bridgehead atoms. The van der Waals surface area contributed by atoms with Gasteiger partial charge in [-0.2, -0.15) is 0 Å². The van der Waals surface area contributed by atoms with Crippen LogP contribution in [0.3, 0.4) is 0 Å². The zero-order valence-electron chi connectivity index (χ0n) is 11.0. The Bertz CT molecular complexity index is 810. The van der Waals surface area contributed by atoms with Gasteiger partial charge in [0.1, 0.15) is 6.10 Å². The first kappa shape index (κ1) is 11.4. The molecule has 1 unspecified atom stereocenters. The second-order valence-corrected chi connectivity index (χ2v) is 5.16. The molecule has 1 N–H and O–H groups in total. The summed E-state index contributed by atoms with van der Waals surface area (Å²) in [5, 5.41) is 13.0. The van der Waals surface area contributed by atoms with Gasteiger partial charge in [-0.1, -0.05) is 66.7 Å². The maximum absolute atomic E-state index is 10.6. The van der Waals surface area contributed by atoms with Gasteiger partial charge in [-0.05, 0) is 39.1 Å². The molecule has 1 aliphatic rings. The van der Waals surface area contributed by atoms with E-state index in [0.717, 1.165) is 22.3 Å². The van der Waals surface area contributed by atoms with Crippen molar-refractivity contribution in [1.29, 1.82) is 0 Å². The third-order valence-corrected chi connectivity index (χ3v) is 3.96. The average molecular weight is 258 g/mol. The molecular weight excluding hydrogens is 244 g/mol. The summed E-state index contributed by atoms with van der Waals surface area (Å²) in [5.74, 6) is 0. The zero-order valence-corrected chi connectivity index (χ0v) is 11.0. The standard InChI is InChI=1S/C19H14O/c20-19-16-11-5-9-14-8-4-10-15(18(14)16)17(19)12-13-6-2-1-3-7-13/h1-12,19-20H/b17-12+. The summed E-state index contributed by atoms with van der Waals surface area (Å²) in [6.45, 7) is 0. The first-order chi connectivity index (χ1) is 9.84. The molecule has 1 nitrogen and oxygen atoms in total. The molecule has 0 saturated carbocycles. The van der Waals surface area contributed by atoms with Crippen LogP contribution in [0.25, 0.3) is 22.4 Å². The van der Waals surface area contributed by atoms with E-state index in [0.29, 0.717) is 0 Å². The minimum absolute atomic E-state index is 0.531. The van der Waals surface area contributed by atoms with Crippen molar-refractivity contribution in [2.75, 3.05) is 0 Å². The fourth-order valence-electron chi connectivity index (χ4n) is 3.04. The van der Waals surface area contributed by atoms with Gasteiger partial charge in [-0.25, -0.2) is 0 Å². The van der Waals surface area contributed by atoms with Crippen LogP contribution in [-0.2, 0) is 0 Å². The van der Waals surface area contributed by atoms with Gasteiger partial charge >= 0.3 is 0 Å². The van der Waals surface area contributed by atoms with Gasteiger partial charge in [0.25, 0.3) is 0 Å². The van der Waals surface area contributed by atoms with Gasteiger partial charge in [-0.15, -0.1) is 0 Å². The lowest BCUT2D eigenvalue weighted by Crippen LogP contribution is -1.92. The molecular formula is C19H14O. The maximum atomic E-state index is 10.6. The topological polar surface area (TPSA) is 20.2 Å². The van der Waals surface area contributed by atoms with Crippen molar-refractivity contribution in [2.45, 2.75) is 6.10 Å². The quantitative estimate of drug-likeness (QED) is 0.684. The molecule has 0 aromatic heterocycles. The number of rotatable bonds is 1. The van der Waals surface area contributed by atoms with Gasteiger partial charge < -0.3 is 5.11 Å². The Morgan fingerprint density at radius 3 is 2.35 bits per heavy atom. The lowest BCUT2D eigenvalue weighted by molar-refractivity contribution is 0.243. The molecule has 20 heavy (non-hydrogen) atoms. The van der Waals surface area contributed by atoms with Gasteiger partial charge in [0.05, 0.1) is 0 Å². The van der Waals surface area contributed by atoms with E-state index in [1.807, 2.05) is 30.3 Å². The molecule has 0 saturated heterocycles. The largest absolute Gasteiger partial charge is 0.384 e. The minimum atomic E-state index is -0.531.